The molecule has 0 radical (unpaired) electrons. The lowest BCUT2D eigenvalue weighted by molar-refractivity contribution is -0.365. The summed E-state index contributed by atoms with van der Waals surface area (Å²) < 4.78 is 58.9. The lowest BCUT2D eigenvalue weighted by Crippen LogP contribution is -2.66. The molecule has 0 saturated carbocycles. The van der Waals surface area contributed by atoms with Crippen LogP contribution in [0.1, 0.15) is 19.4 Å². The highest BCUT2D eigenvalue weighted by Crippen LogP contribution is 2.39. The first-order valence-corrected chi connectivity index (χ1v) is 22.5. The Labute approximate surface area is 406 Å². The summed E-state index contributed by atoms with van der Waals surface area (Å²) in [6.07, 6.45) is -31.3. The number of rotatable bonds is 13. The molecule has 0 spiro atoms. The largest absolute Gasteiger partial charge is 0.508 e. The Hall–Kier alpha value is -5.56. The van der Waals surface area contributed by atoms with E-state index in [9.17, 15) is 76.0 Å². The van der Waals surface area contributed by atoms with Gasteiger partial charge in [-0.05, 0) is 61.9 Å². The van der Waals surface area contributed by atoms with Gasteiger partial charge in [-0.25, -0.2) is 4.79 Å². The van der Waals surface area contributed by atoms with Crippen LogP contribution in [0.3, 0.4) is 0 Å². The second-order valence-corrected chi connectivity index (χ2v) is 17.6. The fraction of sp³-hybridized carbons (Fsp3) is 0.489. The number of aromatic hydroxyl groups is 4. The Morgan fingerprint density at radius 2 is 1.26 bits per heavy atom. The number of benzene rings is 3. The maximum atomic E-state index is 14.6. The highest BCUT2D eigenvalue weighted by atomic mass is 16.8. The van der Waals surface area contributed by atoms with Gasteiger partial charge >= 0.3 is 5.97 Å². The van der Waals surface area contributed by atoms with Crippen LogP contribution in [-0.2, 0) is 42.7 Å². The highest BCUT2D eigenvalue weighted by molar-refractivity contribution is 5.88. The molecule has 4 fully saturated rings. The van der Waals surface area contributed by atoms with E-state index >= 15 is 0 Å². The molecule has 0 unspecified atom stereocenters. The third-order valence-corrected chi connectivity index (χ3v) is 12.5. The number of ether oxygens (including phenoxy) is 9. The van der Waals surface area contributed by atoms with Gasteiger partial charge in [-0.1, -0.05) is 12.1 Å². The van der Waals surface area contributed by atoms with Crippen molar-refractivity contribution in [2.75, 3.05) is 13.2 Å². The number of hydrogen-bond acceptors (Lipinski definition) is 25. The Bertz CT molecular complexity index is 2590. The van der Waals surface area contributed by atoms with Crippen LogP contribution in [0.5, 0.6) is 28.7 Å². The van der Waals surface area contributed by atoms with E-state index in [2.05, 4.69) is 0 Å². The van der Waals surface area contributed by atoms with Crippen molar-refractivity contribution in [2.24, 2.45) is 0 Å². The van der Waals surface area contributed by atoms with E-state index in [-0.39, 0.29) is 22.6 Å². The van der Waals surface area contributed by atoms with Crippen molar-refractivity contribution in [1.29, 1.82) is 0 Å². The fourth-order valence-corrected chi connectivity index (χ4v) is 8.44. The molecule has 4 aliphatic heterocycles. The summed E-state index contributed by atoms with van der Waals surface area (Å²) in [5.74, 6) is -3.86. The SMILES string of the molecule is C[C@@H]1O[C@H](O[C@H]2[C@@H](Oc3c(-c4ccc(O)cc4)oc4cc(O)cc(O)c4c3=O)O[C@@H](CO[C@H]3O[C@@H](C)[C@H](O)[C@@H](O[C@H]4OC[C@H](O)[C@@H](O)[C@H]4O)[C@H]3O)[C@H](O)[C@@H]2OC(=O)/C=C/c2ccc(O)cc2)[C@H](O)[C@H](O)[C@H]1O. The zero-order valence-electron chi connectivity index (χ0n) is 38.0. The highest BCUT2D eigenvalue weighted by Gasteiger charge is 2.55. The fourth-order valence-electron chi connectivity index (χ4n) is 8.44. The maximum Gasteiger partial charge on any atom is 0.331 e. The Morgan fingerprint density at radius 3 is 1.96 bits per heavy atom. The normalized spacial score (nSPS) is 36.3. The van der Waals surface area contributed by atoms with E-state index < -0.39 is 170 Å². The topological polar surface area (TPSA) is 393 Å². The molecule has 5 heterocycles. The van der Waals surface area contributed by atoms with Crippen LogP contribution < -0.4 is 10.2 Å². The monoisotopic (exact) mass is 1020 g/mol. The van der Waals surface area contributed by atoms with Gasteiger partial charge in [0.25, 0.3) is 0 Å². The van der Waals surface area contributed by atoms with E-state index in [0.717, 1.165) is 18.2 Å². The van der Waals surface area contributed by atoms with Crippen molar-refractivity contribution in [1.82, 2.24) is 0 Å². The second kappa shape index (κ2) is 21.9. The van der Waals surface area contributed by atoms with Gasteiger partial charge in [-0.15, -0.1) is 0 Å². The first-order valence-electron chi connectivity index (χ1n) is 22.5. The van der Waals surface area contributed by atoms with Crippen LogP contribution in [0.25, 0.3) is 28.4 Å². The van der Waals surface area contributed by atoms with E-state index in [0.29, 0.717) is 5.56 Å². The second-order valence-electron chi connectivity index (χ2n) is 17.6. The minimum atomic E-state index is -2.13. The van der Waals surface area contributed by atoms with Crippen molar-refractivity contribution in [3.8, 4) is 40.1 Å². The molecule has 1 aromatic heterocycles. The summed E-state index contributed by atoms with van der Waals surface area (Å²) in [6.45, 7) is 1.39. The molecule has 392 valence electrons. The first-order chi connectivity index (χ1) is 34.2. The number of aliphatic hydroxyl groups is 9. The summed E-state index contributed by atoms with van der Waals surface area (Å²) in [4.78, 5) is 28.3. The molecule has 0 aliphatic carbocycles. The van der Waals surface area contributed by atoms with Gasteiger partial charge in [0.1, 0.15) is 101 Å². The van der Waals surface area contributed by atoms with Crippen molar-refractivity contribution in [3.63, 3.8) is 0 Å². The number of phenolic OH excluding ortho intramolecular Hbond substituents is 4. The molecular formula is C47H54O25. The Morgan fingerprint density at radius 1 is 0.639 bits per heavy atom. The van der Waals surface area contributed by atoms with Gasteiger partial charge in [0, 0.05) is 23.8 Å². The number of fused-ring (bicyclic) bond motifs is 1. The molecule has 19 atom stereocenters. The van der Waals surface area contributed by atoms with Gasteiger partial charge in [-0.3, -0.25) is 4.79 Å². The van der Waals surface area contributed by atoms with E-state index in [1.807, 2.05) is 0 Å². The summed E-state index contributed by atoms with van der Waals surface area (Å²) in [5, 5.41) is 138. The molecular weight excluding hydrogens is 964 g/mol. The molecule has 4 saturated heterocycles. The zero-order chi connectivity index (χ0) is 51.9. The van der Waals surface area contributed by atoms with Crippen molar-refractivity contribution < 1.29 is 118 Å². The minimum Gasteiger partial charge on any atom is -0.508 e. The minimum absolute atomic E-state index is 0.0606. The van der Waals surface area contributed by atoms with Crippen LogP contribution in [0, 0.1) is 0 Å². The van der Waals surface area contributed by atoms with Crippen LogP contribution in [0.4, 0.5) is 0 Å². The summed E-state index contributed by atoms with van der Waals surface area (Å²) >= 11 is 0. The zero-order valence-corrected chi connectivity index (χ0v) is 38.0. The van der Waals surface area contributed by atoms with Gasteiger partial charge in [0.15, 0.2) is 36.8 Å². The van der Waals surface area contributed by atoms with Crippen LogP contribution in [0.2, 0.25) is 0 Å². The van der Waals surface area contributed by atoms with Crippen LogP contribution in [-0.4, -0.2) is 202 Å². The predicted molar refractivity (Wildman–Crippen MR) is 237 cm³/mol. The lowest BCUT2D eigenvalue weighted by atomic mass is 9.97. The van der Waals surface area contributed by atoms with Gasteiger partial charge in [0.05, 0.1) is 25.4 Å². The van der Waals surface area contributed by atoms with E-state index in [1.54, 1.807) is 0 Å². The number of hydrogen-bond donors (Lipinski definition) is 13. The maximum absolute atomic E-state index is 14.6. The van der Waals surface area contributed by atoms with E-state index in [1.165, 1.54) is 68.5 Å². The molecule has 4 aliphatic rings. The molecule has 8 rings (SSSR count). The third-order valence-electron chi connectivity index (χ3n) is 12.5. The number of esters is 1. The number of carbonyl (C=O) groups excluding carboxylic acids is 1. The Balaban J connectivity index is 1.18. The van der Waals surface area contributed by atoms with Gasteiger partial charge in [0.2, 0.25) is 17.5 Å². The average molecular weight is 1020 g/mol. The molecule has 25 heteroatoms. The third kappa shape index (κ3) is 11.0. The molecule has 0 bridgehead atoms. The van der Waals surface area contributed by atoms with Crippen LogP contribution in [0.15, 0.2) is 76.0 Å². The van der Waals surface area contributed by atoms with Crippen molar-refractivity contribution in [3.05, 3.63) is 82.5 Å². The number of carbonyl (C=O) groups is 1. The quantitative estimate of drug-likeness (QED) is 0.0503. The molecule has 4 aromatic rings. The van der Waals surface area contributed by atoms with Gasteiger partial charge in [-0.2, -0.15) is 0 Å². The van der Waals surface area contributed by atoms with Crippen molar-refractivity contribution >= 4 is 23.0 Å². The standard InChI is InChI=1S/C47H54O25/c1-17-30(54)35(59)37(61)46(66-17)72-43-41(69-28(53)12-5-19-3-8-21(48)9-4-19)33(57)27(16-64-45-38(62)40(31(55)18(2)65-45)70-44-36(60)32(56)25(52)15-63-44)68-47(43)71-42-34(58)29-24(51)13-23(50)14-26(29)67-39(42)20-6-10-22(49)11-7-20/h3-14,17-18,25,27,30-33,35-38,40-41,43-52,54-57,59-62H,15-16H2,1-2H3/b12-5+/t17-,18-,25-,27-,30-,31-,32+,33-,35+,36+,37+,38+,40+,41-,43+,44+,45-,46+,47+/m0/s1. The Kier molecular flexibility index (Phi) is 16.0. The first kappa shape index (κ1) is 52.8. The molecule has 13 N–H and O–H groups in total. The smallest absolute Gasteiger partial charge is 0.331 e. The summed E-state index contributed by atoms with van der Waals surface area (Å²) in [5.41, 5.74) is -0.975. The molecule has 0 amide bonds. The number of aliphatic hydroxyl groups excluding tert-OH is 9. The lowest BCUT2D eigenvalue weighted by Gasteiger charge is -2.47. The van der Waals surface area contributed by atoms with Crippen LogP contribution >= 0.6 is 0 Å². The molecule has 3 aromatic carbocycles. The predicted octanol–water partition coefficient (Wildman–Crippen LogP) is -2.11. The van der Waals surface area contributed by atoms with Gasteiger partial charge < -0.3 is 113 Å². The average Bonchev–Trinajstić information content (AvgIpc) is 3.34. The van der Waals surface area contributed by atoms with Crippen molar-refractivity contribution in [2.45, 2.75) is 131 Å². The number of phenols is 4. The summed E-state index contributed by atoms with van der Waals surface area (Å²) in [6, 6.07) is 12.6. The van der Waals surface area contributed by atoms with E-state index in [4.69, 9.17) is 47.0 Å². The molecule has 25 nitrogen and oxygen atoms in total. The summed E-state index contributed by atoms with van der Waals surface area (Å²) in [7, 11) is 0. The molecule has 72 heavy (non-hydrogen) atoms.